The van der Waals surface area contributed by atoms with E-state index in [0.29, 0.717) is 0 Å². The molecule has 0 aromatic heterocycles. The van der Waals surface area contributed by atoms with Crippen molar-refractivity contribution in [1.29, 1.82) is 0 Å². The number of methoxy groups -OCH3 is 1. The van der Waals surface area contributed by atoms with Gasteiger partial charge >= 0.3 is 0 Å². The lowest BCUT2D eigenvalue weighted by Crippen LogP contribution is -1.90. The first-order valence-electron chi connectivity index (χ1n) is 6.65. The van der Waals surface area contributed by atoms with Gasteiger partial charge in [0.1, 0.15) is 5.75 Å². The molecule has 0 bridgehead atoms. The van der Waals surface area contributed by atoms with Crippen molar-refractivity contribution in [3.05, 3.63) is 64.7 Å². The molecule has 19 heavy (non-hydrogen) atoms. The van der Waals surface area contributed by atoms with Gasteiger partial charge in [-0.15, -0.1) is 0 Å². The average Bonchev–Trinajstić information content (AvgIpc) is 2.44. The Bertz CT molecular complexity index is 505. The molecule has 2 aromatic rings. The lowest BCUT2D eigenvalue weighted by molar-refractivity contribution is 0.414. The fourth-order valence-corrected chi connectivity index (χ4v) is 2.36. The Balaban J connectivity index is 1.74. The largest absolute Gasteiger partial charge is 0.497 e. The van der Waals surface area contributed by atoms with Crippen LogP contribution in [0.1, 0.15) is 24.0 Å². The van der Waals surface area contributed by atoms with Crippen molar-refractivity contribution in [2.75, 3.05) is 7.11 Å². The molecular weight excluding hydrogens is 256 g/mol. The van der Waals surface area contributed by atoms with Crippen LogP contribution < -0.4 is 4.74 Å². The molecule has 2 aromatic carbocycles. The van der Waals surface area contributed by atoms with E-state index < -0.39 is 0 Å². The molecule has 0 saturated heterocycles. The lowest BCUT2D eigenvalue weighted by Gasteiger charge is -2.04. The van der Waals surface area contributed by atoms with Crippen LogP contribution in [0.15, 0.2) is 48.5 Å². The summed E-state index contributed by atoms with van der Waals surface area (Å²) in [5, 5.41) is 0.827. The molecule has 0 aliphatic heterocycles. The van der Waals surface area contributed by atoms with Crippen molar-refractivity contribution in [3.63, 3.8) is 0 Å². The van der Waals surface area contributed by atoms with Gasteiger partial charge in [0.25, 0.3) is 0 Å². The molecule has 2 rings (SSSR count). The monoisotopic (exact) mass is 274 g/mol. The maximum atomic E-state index is 5.97. The Morgan fingerprint density at radius 3 is 2.21 bits per heavy atom. The fourth-order valence-electron chi connectivity index (χ4n) is 2.14. The summed E-state index contributed by atoms with van der Waals surface area (Å²) in [5.74, 6) is 0.919. The molecule has 2 heteroatoms. The van der Waals surface area contributed by atoms with E-state index in [9.17, 15) is 0 Å². The number of aryl methyl sites for hydroxylation is 2. The lowest BCUT2D eigenvalue weighted by atomic mass is 10.0. The molecule has 0 heterocycles. The molecule has 100 valence electrons. The van der Waals surface area contributed by atoms with Gasteiger partial charge in [-0.1, -0.05) is 35.9 Å². The zero-order chi connectivity index (χ0) is 13.5. The van der Waals surface area contributed by atoms with Crippen molar-refractivity contribution in [3.8, 4) is 5.75 Å². The highest BCUT2D eigenvalue weighted by atomic mass is 35.5. The number of benzene rings is 2. The van der Waals surface area contributed by atoms with Crippen molar-refractivity contribution in [2.24, 2.45) is 0 Å². The molecule has 0 unspecified atom stereocenters. The maximum absolute atomic E-state index is 5.97. The molecule has 0 spiro atoms. The van der Waals surface area contributed by atoms with E-state index in [1.165, 1.54) is 24.0 Å². The Labute approximate surface area is 120 Å². The van der Waals surface area contributed by atoms with Crippen LogP contribution in [-0.4, -0.2) is 7.11 Å². The zero-order valence-corrected chi connectivity index (χ0v) is 12.0. The summed E-state index contributed by atoms with van der Waals surface area (Å²) in [6.45, 7) is 0. The number of hydrogen-bond donors (Lipinski definition) is 0. The van der Waals surface area contributed by atoms with Crippen LogP contribution in [0.3, 0.4) is 0 Å². The van der Waals surface area contributed by atoms with Gasteiger partial charge < -0.3 is 4.74 Å². The summed E-state index contributed by atoms with van der Waals surface area (Å²) < 4.78 is 5.15. The fraction of sp³-hybridized carbons (Fsp3) is 0.294. The van der Waals surface area contributed by atoms with E-state index in [1.807, 2.05) is 24.3 Å². The van der Waals surface area contributed by atoms with Crippen LogP contribution >= 0.6 is 11.6 Å². The van der Waals surface area contributed by atoms with Crippen LogP contribution in [-0.2, 0) is 12.8 Å². The van der Waals surface area contributed by atoms with E-state index in [0.717, 1.165) is 23.6 Å². The highest BCUT2D eigenvalue weighted by molar-refractivity contribution is 6.30. The van der Waals surface area contributed by atoms with Crippen molar-refractivity contribution in [1.82, 2.24) is 0 Å². The minimum atomic E-state index is 0.827. The second kappa shape index (κ2) is 7.20. The third kappa shape index (κ3) is 4.60. The van der Waals surface area contributed by atoms with E-state index in [-0.39, 0.29) is 0 Å². The molecule has 1 nitrogen and oxygen atoms in total. The van der Waals surface area contributed by atoms with Gasteiger partial charge in [0.2, 0.25) is 0 Å². The Morgan fingerprint density at radius 2 is 1.58 bits per heavy atom. The zero-order valence-electron chi connectivity index (χ0n) is 11.2. The molecule has 0 amide bonds. The summed E-state index contributed by atoms with van der Waals surface area (Å²) in [7, 11) is 1.69. The van der Waals surface area contributed by atoms with Gasteiger partial charge in [-0.3, -0.25) is 0 Å². The summed E-state index contributed by atoms with van der Waals surface area (Å²) >= 11 is 5.97. The van der Waals surface area contributed by atoms with E-state index in [2.05, 4.69) is 24.3 Å². The molecule has 0 aliphatic carbocycles. The number of rotatable bonds is 6. The van der Waals surface area contributed by atoms with Gasteiger partial charge in [-0.05, 0) is 61.1 Å². The topological polar surface area (TPSA) is 9.23 Å². The molecule has 0 atom stereocenters. The first kappa shape index (κ1) is 14.0. The third-order valence-electron chi connectivity index (χ3n) is 3.23. The number of halogens is 1. The van der Waals surface area contributed by atoms with Crippen molar-refractivity contribution >= 4 is 11.6 Å². The van der Waals surface area contributed by atoms with Crippen LogP contribution in [0.2, 0.25) is 5.02 Å². The predicted octanol–water partition coefficient (Wildman–Crippen LogP) is 4.91. The van der Waals surface area contributed by atoms with Gasteiger partial charge in [0, 0.05) is 5.02 Å². The van der Waals surface area contributed by atoms with Crippen molar-refractivity contribution < 1.29 is 4.74 Å². The van der Waals surface area contributed by atoms with Gasteiger partial charge in [-0.25, -0.2) is 0 Å². The summed E-state index contributed by atoms with van der Waals surface area (Å²) in [5.41, 5.74) is 2.69. The van der Waals surface area contributed by atoms with Gasteiger partial charge in [0.15, 0.2) is 0 Å². The van der Waals surface area contributed by atoms with E-state index >= 15 is 0 Å². The Morgan fingerprint density at radius 1 is 0.895 bits per heavy atom. The first-order chi connectivity index (χ1) is 9.28. The minimum Gasteiger partial charge on any atom is -0.497 e. The number of hydrogen-bond acceptors (Lipinski definition) is 1. The van der Waals surface area contributed by atoms with Crippen LogP contribution in [0, 0.1) is 0 Å². The molecular formula is C17H19ClO. The summed E-state index contributed by atoms with van der Waals surface area (Å²) in [6, 6.07) is 16.4. The first-order valence-corrected chi connectivity index (χ1v) is 7.03. The highest BCUT2D eigenvalue weighted by Crippen LogP contribution is 2.15. The van der Waals surface area contributed by atoms with Crippen LogP contribution in [0.25, 0.3) is 0 Å². The minimum absolute atomic E-state index is 0.827. The average molecular weight is 275 g/mol. The Hall–Kier alpha value is -1.47. The Kier molecular flexibility index (Phi) is 5.29. The second-order valence-corrected chi connectivity index (χ2v) is 5.12. The maximum Gasteiger partial charge on any atom is 0.118 e. The third-order valence-corrected chi connectivity index (χ3v) is 3.46. The highest BCUT2D eigenvalue weighted by Gasteiger charge is 1.97. The molecule has 0 saturated carbocycles. The predicted molar refractivity (Wildman–Crippen MR) is 81.1 cm³/mol. The molecule has 0 radical (unpaired) electrons. The molecule has 0 fully saturated rings. The van der Waals surface area contributed by atoms with E-state index in [4.69, 9.17) is 16.3 Å². The van der Waals surface area contributed by atoms with Crippen LogP contribution in [0.4, 0.5) is 0 Å². The van der Waals surface area contributed by atoms with Crippen LogP contribution in [0.5, 0.6) is 5.75 Å². The quantitative estimate of drug-likeness (QED) is 0.680. The smallest absolute Gasteiger partial charge is 0.118 e. The van der Waals surface area contributed by atoms with E-state index in [1.54, 1.807) is 7.11 Å². The van der Waals surface area contributed by atoms with Gasteiger partial charge in [0.05, 0.1) is 7.11 Å². The number of unbranched alkanes of at least 4 members (excludes halogenated alkanes) is 1. The molecule has 0 aliphatic rings. The summed E-state index contributed by atoms with van der Waals surface area (Å²) in [4.78, 5) is 0. The normalized spacial score (nSPS) is 10.4. The summed E-state index contributed by atoms with van der Waals surface area (Å²) in [6.07, 6.45) is 4.59. The van der Waals surface area contributed by atoms with Gasteiger partial charge in [-0.2, -0.15) is 0 Å². The second-order valence-electron chi connectivity index (χ2n) is 4.69. The standard InChI is InChI=1S/C17H19ClO/c1-19-17-11-9-14(10-12-17)5-2-3-6-15-7-4-8-16(18)13-15/h4,7-13H,2-3,5-6H2,1H3. The van der Waals surface area contributed by atoms with Crippen molar-refractivity contribution in [2.45, 2.75) is 25.7 Å². The molecule has 0 N–H and O–H groups in total. The number of ether oxygens (including phenoxy) is 1. The SMILES string of the molecule is COc1ccc(CCCCc2cccc(Cl)c2)cc1.